The van der Waals surface area contributed by atoms with Crippen LogP contribution in [-0.2, 0) is 5.41 Å². The number of benzene rings is 8. The lowest BCUT2D eigenvalue weighted by Crippen LogP contribution is -2.30. The zero-order valence-electron chi connectivity index (χ0n) is 31.0. The van der Waals surface area contributed by atoms with E-state index in [0.717, 1.165) is 94.5 Å². The van der Waals surface area contributed by atoms with E-state index in [9.17, 15) is 4.79 Å². The highest BCUT2D eigenvalue weighted by molar-refractivity contribution is 6.14. The summed E-state index contributed by atoms with van der Waals surface area (Å²) in [6.45, 7) is 4.44. The number of rotatable bonds is 5. The van der Waals surface area contributed by atoms with Crippen LogP contribution in [-0.4, -0.2) is 10.4 Å². The predicted molar refractivity (Wildman–Crippen MR) is 230 cm³/mol. The lowest BCUT2D eigenvalue weighted by molar-refractivity contribution is 0.103. The van der Waals surface area contributed by atoms with Crippen molar-refractivity contribution in [3.63, 3.8) is 0 Å². The van der Waals surface area contributed by atoms with Gasteiger partial charge in [0.1, 0.15) is 5.58 Å². The van der Waals surface area contributed by atoms with Crippen molar-refractivity contribution in [1.82, 2.24) is 4.57 Å². The van der Waals surface area contributed by atoms with Crippen molar-refractivity contribution in [2.45, 2.75) is 19.3 Å². The number of carbonyl (C=O) groups excluding carboxylic acids is 1. The van der Waals surface area contributed by atoms with Gasteiger partial charge in [-0.05, 0) is 89.0 Å². The van der Waals surface area contributed by atoms with E-state index in [1.165, 1.54) is 5.39 Å². The fourth-order valence-corrected chi connectivity index (χ4v) is 9.07. The Kier molecular flexibility index (Phi) is 7.02. The number of furan rings is 1. The number of aromatic nitrogens is 1. The largest absolute Gasteiger partial charge is 0.454 e. The van der Waals surface area contributed by atoms with Gasteiger partial charge in [0.05, 0.1) is 16.7 Å². The van der Waals surface area contributed by atoms with Crippen molar-refractivity contribution >= 4 is 66.6 Å². The Morgan fingerprint density at radius 2 is 1.20 bits per heavy atom. The van der Waals surface area contributed by atoms with E-state index < -0.39 is 0 Å². The van der Waals surface area contributed by atoms with Crippen molar-refractivity contribution < 1.29 is 9.21 Å². The van der Waals surface area contributed by atoms with Gasteiger partial charge in [-0.25, -0.2) is 0 Å². The second-order valence-corrected chi connectivity index (χ2v) is 15.3. The van der Waals surface area contributed by atoms with Crippen molar-refractivity contribution in [3.05, 3.63) is 204 Å². The molecule has 4 nitrogen and oxygen atoms in total. The molecule has 0 amide bonds. The Balaban J connectivity index is 1.06. The molecule has 2 heterocycles. The minimum atomic E-state index is -0.304. The molecule has 1 aliphatic rings. The number of anilines is 3. The standard InChI is InChI=1S/C52H36N2O2/c1-52(2)44-22-9-6-20-41(44)50(55)42-28-26-34(31-45(42)52)33-14-12-17-36(30-33)54-46-23-10-7-18-38(46)43-32-37(27-29-47(43)54)53(35-15-4-3-5-16-35)48-24-13-21-40-39-19-8-11-25-49(39)56-51(40)48/h3-32H,1-2H3. The summed E-state index contributed by atoms with van der Waals surface area (Å²) < 4.78 is 8.94. The maximum atomic E-state index is 13.6. The number of hydrogen-bond donors (Lipinski definition) is 0. The van der Waals surface area contributed by atoms with Gasteiger partial charge in [0, 0.05) is 55.1 Å². The van der Waals surface area contributed by atoms with E-state index >= 15 is 0 Å². The van der Waals surface area contributed by atoms with Gasteiger partial charge in [0.15, 0.2) is 11.4 Å². The molecule has 0 saturated carbocycles. The normalized spacial score (nSPS) is 13.4. The fourth-order valence-electron chi connectivity index (χ4n) is 9.07. The van der Waals surface area contributed by atoms with E-state index in [1.54, 1.807) is 0 Å². The van der Waals surface area contributed by atoms with Crippen LogP contribution in [0.2, 0.25) is 0 Å². The molecular weight excluding hydrogens is 685 g/mol. The summed E-state index contributed by atoms with van der Waals surface area (Å²) in [6, 6.07) is 63.7. The molecule has 8 aromatic carbocycles. The van der Waals surface area contributed by atoms with Crippen LogP contribution in [0.3, 0.4) is 0 Å². The van der Waals surface area contributed by atoms with E-state index in [2.05, 4.69) is 169 Å². The van der Waals surface area contributed by atoms with Crippen LogP contribution >= 0.6 is 0 Å². The monoisotopic (exact) mass is 720 g/mol. The van der Waals surface area contributed by atoms with Gasteiger partial charge >= 0.3 is 0 Å². The minimum Gasteiger partial charge on any atom is -0.454 e. The molecule has 0 unspecified atom stereocenters. The number of hydrogen-bond acceptors (Lipinski definition) is 3. The fraction of sp³-hybridized carbons (Fsp3) is 0.0577. The topological polar surface area (TPSA) is 38.4 Å². The van der Waals surface area contributed by atoms with Gasteiger partial charge in [0.2, 0.25) is 0 Å². The second-order valence-electron chi connectivity index (χ2n) is 15.3. The summed E-state index contributed by atoms with van der Waals surface area (Å²) >= 11 is 0. The molecule has 2 aromatic heterocycles. The molecule has 1 aliphatic carbocycles. The van der Waals surface area contributed by atoms with Crippen LogP contribution in [0.5, 0.6) is 0 Å². The number of para-hydroxylation sites is 4. The van der Waals surface area contributed by atoms with Gasteiger partial charge in [-0.2, -0.15) is 0 Å². The highest BCUT2D eigenvalue weighted by Gasteiger charge is 2.36. The Morgan fingerprint density at radius 3 is 2.09 bits per heavy atom. The Labute approximate surface area is 324 Å². The lowest BCUT2D eigenvalue weighted by atomic mass is 9.68. The average Bonchev–Trinajstić information content (AvgIpc) is 3.80. The Hall–Kier alpha value is -7.17. The molecule has 4 heteroatoms. The third-order valence-corrected chi connectivity index (χ3v) is 11.8. The molecule has 0 bridgehead atoms. The quantitative estimate of drug-likeness (QED) is 0.178. The molecule has 266 valence electrons. The van der Waals surface area contributed by atoms with Gasteiger partial charge in [-0.1, -0.05) is 129 Å². The van der Waals surface area contributed by atoms with Crippen LogP contribution in [0, 0.1) is 0 Å². The zero-order valence-corrected chi connectivity index (χ0v) is 31.0. The third-order valence-electron chi connectivity index (χ3n) is 11.8. The molecule has 56 heavy (non-hydrogen) atoms. The molecule has 0 radical (unpaired) electrons. The van der Waals surface area contributed by atoms with E-state index in [0.29, 0.717) is 0 Å². The van der Waals surface area contributed by atoms with Crippen molar-refractivity contribution in [3.8, 4) is 16.8 Å². The first-order valence-electron chi connectivity index (χ1n) is 19.1. The number of carbonyl (C=O) groups is 1. The summed E-state index contributed by atoms with van der Waals surface area (Å²) in [5.41, 5.74) is 13.8. The maximum absolute atomic E-state index is 13.6. The average molecular weight is 721 g/mol. The molecule has 0 atom stereocenters. The SMILES string of the molecule is CC1(C)c2ccccc2C(=O)c2ccc(-c3cccc(-n4c5ccccc5c5cc(N(c6ccccc6)c6cccc7c6oc6ccccc67)ccc54)c3)cc21. The van der Waals surface area contributed by atoms with Crippen LogP contribution < -0.4 is 4.90 Å². The van der Waals surface area contributed by atoms with E-state index in [4.69, 9.17) is 4.42 Å². The summed E-state index contributed by atoms with van der Waals surface area (Å²) in [5.74, 6) is 0.0972. The smallest absolute Gasteiger partial charge is 0.193 e. The van der Waals surface area contributed by atoms with Gasteiger partial charge in [0.25, 0.3) is 0 Å². The van der Waals surface area contributed by atoms with Gasteiger partial charge in [-0.15, -0.1) is 0 Å². The summed E-state index contributed by atoms with van der Waals surface area (Å²) in [7, 11) is 0. The highest BCUT2D eigenvalue weighted by atomic mass is 16.3. The molecule has 0 N–H and O–H groups in total. The van der Waals surface area contributed by atoms with Crippen molar-refractivity contribution in [2.75, 3.05) is 4.90 Å². The molecule has 0 fully saturated rings. The first kappa shape index (κ1) is 32.3. The van der Waals surface area contributed by atoms with Crippen LogP contribution in [0.15, 0.2) is 186 Å². The van der Waals surface area contributed by atoms with E-state index in [-0.39, 0.29) is 11.2 Å². The summed E-state index contributed by atoms with van der Waals surface area (Å²) in [5, 5.41) is 4.54. The third kappa shape index (κ3) is 4.75. The van der Waals surface area contributed by atoms with Crippen LogP contribution in [0.1, 0.15) is 40.9 Å². The Morgan fingerprint density at radius 1 is 0.500 bits per heavy atom. The summed E-state index contributed by atoms with van der Waals surface area (Å²) in [6.07, 6.45) is 0. The van der Waals surface area contributed by atoms with Crippen LogP contribution in [0.25, 0.3) is 60.6 Å². The molecular formula is C52H36N2O2. The maximum Gasteiger partial charge on any atom is 0.193 e. The first-order valence-corrected chi connectivity index (χ1v) is 19.1. The number of ketones is 1. The second kappa shape index (κ2) is 12.2. The van der Waals surface area contributed by atoms with Gasteiger partial charge < -0.3 is 13.9 Å². The van der Waals surface area contributed by atoms with Crippen molar-refractivity contribution in [2.24, 2.45) is 0 Å². The Bertz CT molecular complexity index is 3200. The van der Waals surface area contributed by atoms with E-state index in [1.807, 2.05) is 36.4 Å². The first-order chi connectivity index (χ1) is 27.5. The molecule has 10 aromatic rings. The molecule has 0 saturated heterocycles. The molecule has 11 rings (SSSR count). The lowest BCUT2D eigenvalue weighted by Gasteiger charge is -2.34. The zero-order chi connectivity index (χ0) is 37.5. The van der Waals surface area contributed by atoms with Crippen LogP contribution in [0.4, 0.5) is 17.1 Å². The summed E-state index contributed by atoms with van der Waals surface area (Å²) in [4.78, 5) is 15.9. The number of nitrogens with zero attached hydrogens (tertiary/aromatic N) is 2. The van der Waals surface area contributed by atoms with Crippen molar-refractivity contribution in [1.29, 1.82) is 0 Å². The molecule has 0 spiro atoms. The van der Waals surface area contributed by atoms with Gasteiger partial charge in [-0.3, -0.25) is 4.79 Å². The highest BCUT2D eigenvalue weighted by Crippen LogP contribution is 2.45. The molecule has 0 aliphatic heterocycles. The number of fused-ring (bicyclic) bond motifs is 8. The minimum absolute atomic E-state index is 0.0972. The predicted octanol–water partition coefficient (Wildman–Crippen LogP) is 13.7.